The van der Waals surface area contributed by atoms with E-state index in [-0.39, 0.29) is 16.5 Å². The molecule has 0 saturated heterocycles. The second-order valence-electron chi connectivity index (χ2n) is 5.80. The number of hydrogen-bond donors (Lipinski definition) is 1. The normalized spacial score (nSPS) is 14.2. The van der Waals surface area contributed by atoms with E-state index in [0.717, 1.165) is 18.4 Å². The van der Waals surface area contributed by atoms with Crippen molar-refractivity contribution in [3.05, 3.63) is 46.2 Å². The number of halogens is 1. The Balaban J connectivity index is 1.84. The van der Waals surface area contributed by atoms with Gasteiger partial charge in [-0.3, -0.25) is 4.79 Å². The van der Waals surface area contributed by atoms with Gasteiger partial charge in [0.25, 0.3) is 15.9 Å². The van der Waals surface area contributed by atoms with Gasteiger partial charge in [0.1, 0.15) is 11.4 Å². The maximum atomic E-state index is 12.3. The molecule has 3 rings (SSSR count). The van der Waals surface area contributed by atoms with E-state index in [1.54, 1.807) is 13.0 Å². The molecule has 0 atom stereocenters. The van der Waals surface area contributed by atoms with Crippen molar-refractivity contribution in [2.75, 3.05) is 7.11 Å². The quantitative estimate of drug-likeness (QED) is 0.854. The zero-order chi connectivity index (χ0) is 18.2. The highest BCUT2D eigenvalue weighted by Gasteiger charge is 2.30. The molecule has 1 aromatic carbocycles. The van der Waals surface area contributed by atoms with Crippen LogP contribution in [0.5, 0.6) is 5.75 Å². The molecule has 0 bridgehead atoms. The first-order valence-corrected chi connectivity index (χ1v) is 9.43. The number of nitrogens with one attached hydrogen (secondary N) is 1. The standard InChI is InChI=1S/C16H16ClN3O4S/c1-9-3-6-11(7-12(9)17)25(22,23)20-16(21)13-8-14(24-2)15(19-18-13)10-4-5-10/h3,6-8,10H,4-5H2,1-2H3,(H,20,21). The molecule has 2 aromatic rings. The number of hydrogen-bond acceptors (Lipinski definition) is 6. The lowest BCUT2D eigenvalue weighted by Gasteiger charge is -2.10. The number of sulfonamides is 1. The predicted molar refractivity (Wildman–Crippen MR) is 91.4 cm³/mol. The molecule has 132 valence electrons. The second-order valence-corrected chi connectivity index (χ2v) is 7.89. The van der Waals surface area contributed by atoms with Crippen LogP contribution in [0.1, 0.15) is 40.5 Å². The van der Waals surface area contributed by atoms with Gasteiger partial charge >= 0.3 is 0 Å². The molecule has 0 aliphatic heterocycles. The Morgan fingerprint density at radius 2 is 2.00 bits per heavy atom. The molecule has 9 heteroatoms. The van der Waals surface area contributed by atoms with Crippen LogP contribution >= 0.6 is 11.6 Å². The SMILES string of the molecule is COc1cc(C(=O)NS(=O)(=O)c2ccc(C)c(Cl)c2)nnc1C1CC1. The molecular formula is C16H16ClN3O4S. The summed E-state index contributed by atoms with van der Waals surface area (Å²) >= 11 is 5.95. The van der Waals surface area contributed by atoms with Crippen molar-refractivity contribution in [1.82, 2.24) is 14.9 Å². The van der Waals surface area contributed by atoms with Gasteiger partial charge in [-0.1, -0.05) is 17.7 Å². The number of nitrogens with zero attached hydrogens (tertiary/aromatic N) is 2. The average molecular weight is 382 g/mol. The number of carbonyl (C=O) groups is 1. The van der Waals surface area contributed by atoms with E-state index in [4.69, 9.17) is 16.3 Å². The molecule has 1 fully saturated rings. The number of carbonyl (C=O) groups excluding carboxylic acids is 1. The number of amides is 1. The third kappa shape index (κ3) is 3.74. The van der Waals surface area contributed by atoms with Gasteiger partial charge in [0.15, 0.2) is 5.69 Å². The van der Waals surface area contributed by atoms with E-state index >= 15 is 0 Å². The minimum Gasteiger partial charge on any atom is -0.495 e. The zero-order valence-corrected chi connectivity index (χ0v) is 15.2. The van der Waals surface area contributed by atoms with Crippen LogP contribution in [0, 0.1) is 6.92 Å². The van der Waals surface area contributed by atoms with Gasteiger partial charge in [-0.05, 0) is 37.5 Å². The highest BCUT2D eigenvalue weighted by atomic mass is 35.5. The Bertz CT molecular complexity index is 942. The van der Waals surface area contributed by atoms with Gasteiger partial charge < -0.3 is 4.74 Å². The first kappa shape index (κ1) is 17.6. The van der Waals surface area contributed by atoms with E-state index in [9.17, 15) is 13.2 Å². The highest BCUT2D eigenvalue weighted by Crippen LogP contribution is 2.42. The fourth-order valence-corrected chi connectivity index (χ4v) is 3.50. The molecule has 0 radical (unpaired) electrons. The van der Waals surface area contributed by atoms with Gasteiger partial charge in [-0.15, -0.1) is 5.10 Å². The van der Waals surface area contributed by atoms with Crippen LogP contribution in [0.15, 0.2) is 29.2 Å². The van der Waals surface area contributed by atoms with Crippen molar-refractivity contribution in [3.63, 3.8) is 0 Å². The Kier molecular flexibility index (Phi) is 4.66. The van der Waals surface area contributed by atoms with Crippen LogP contribution in [0.4, 0.5) is 0 Å². The summed E-state index contributed by atoms with van der Waals surface area (Å²) in [5, 5.41) is 8.13. The summed E-state index contributed by atoms with van der Waals surface area (Å²) < 4.78 is 31.9. The van der Waals surface area contributed by atoms with Crippen LogP contribution in [-0.4, -0.2) is 31.6 Å². The average Bonchev–Trinajstić information content (AvgIpc) is 3.41. The van der Waals surface area contributed by atoms with Crippen LogP contribution in [-0.2, 0) is 10.0 Å². The summed E-state index contributed by atoms with van der Waals surface area (Å²) in [6, 6.07) is 5.62. The molecule has 1 aliphatic carbocycles. The third-order valence-corrected chi connectivity index (χ3v) is 5.62. The topological polar surface area (TPSA) is 98.2 Å². The first-order valence-electron chi connectivity index (χ1n) is 7.56. The summed E-state index contributed by atoms with van der Waals surface area (Å²) in [7, 11) is -2.61. The van der Waals surface area contributed by atoms with Crippen molar-refractivity contribution >= 4 is 27.5 Å². The Morgan fingerprint density at radius 1 is 1.28 bits per heavy atom. The lowest BCUT2D eigenvalue weighted by molar-refractivity contribution is 0.0975. The molecule has 0 spiro atoms. The predicted octanol–water partition coefficient (Wildman–Crippen LogP) is 2.44. The summed E-state index contributed by atoms with van der Waals surface area (Å²) in [6.07, 6.45) is 2.00. The first-order chi connectivity index (χ1) is 11.8. The highest BCUT2D eigenvalue weighted by molar-refractivity contribution is 7.90. The Labute approximate surface area is 150 Å². The van der Waals surface area contributed by atoms with Gasteiger partial charge in [-0.25, -0.2) is 13.1 Å². The van der Waals surface area contributed by atoms with Crippen LogP contribution in [0.2, 0.25) is 5.02 Å². The molecule has 7 nitrogen and oxygen atoms in total. The fourth-order valence-electron chi connectivity index (χ4n) is 2.27. The van der Waals surface area contributed by atoms with Crippen molar-refractivity contribution in [2.45, 2.75) is 30.6 Å². The van der Waals surface area contributed by atoms with E-state index in [1.807, 2.05) is 4.72 Å². The summed E-state index contributed by atoms with van der Waals surface area (Å²) in [5.74, 6) is -0.165. The molecule has 1 saturated carbocycles. The minimum absolute atomic E-state index is 0.106. The van der Waals surface area contributed by atoms with E-state index in [2.05, 4.69) is 10.2 Å². The van der Waals surface area contributed by atoms with Crippen molar-refractivity contribution in [2.24, 2.45) is 0 Å². The lowest BCUT2D eigenvalue weighted by atomic mass is 10.2. The van der Waals surface area contributed by atoms with Crippen LogP contribution < -0.4 is 9.46 Å². The third-order valence-electron chi connectivity index (χ3n) is 3.88. The number of methoxy groups -OCH3 is 1. The van der Waals surface area contributed by atoms with Gasteiger partial charge in [0.05, 0.1) is 12.0 Å². The number of benzene rings is 1. The number of ether oxygens (including phenoxy) is 1. The largest absolute Gasteiger partial charge is 0.495 e. The van der Waals surface area contributed by atoms with E-state index in [1.165, 1.54) is 25.3 Å². The van der Waals surface area contributed by atoms with Gasteiger partial charge in [0.2, 0.25) is 0 Å². The van der Waals surface area contributed by atoms with E-state index < -0.39 is 15.9 Å². The molecule has 1 aliphatic rings. The van der Waals surface area contributed by atoms with E-state index in [0.29, 0.717) is 16.5 Å². The van der Waals surface area contributed by atoms with Gasteiger partial charge in [0, 0.05) is 17.0 Å². The lowest BCUT2D eigenvalue weighted by Crippen LogP contribution is -2.31. The summed E-state index contributed by atoms with van der Waals surface area (Å²) in [6.45, 7) is 1.75. The molecule has 1 N–H and O–H groups in total. The van der Waals surface area contributed by atoms with Crippen molar-refractivity contribution < 1.29 is 17.9 Å². The monoisotopic (exact) mass is 381 g/mol. The molecule has 25 heavy (non-hydrogen) atoms. The Hall–Kier alpha value is -2.19. The van der Waals surface area contributed by atoms with Crippen molar-refractivity contribution in [1.29, 1.82) is 0 Å². The number of aryl methyl sites for hydroxylation is 1. The number of rotatable bonds is 5. The molecule has 0 unspecified atom stereocenters. The number of aromatic nitrogens is 2. The second kappa shape index (κ2) is 6.61. The summed E-state index contributed by atoms with van der Waals surface area (Å²) in [4.78, 5) is 12.2. The van der Waals surface area contributed by atoms with Crippen LogP contribution in [0.3, 0.4) is 0 Å². The molecule has 1 amide bonds. The fraction of sp³-hybridized carbons (Fsp3) is 0.312. The maximum Gasteiger partial charge on any atom is 0.285 e. The smallest absolute Gasteiger partial charge is 0.285 e. The summed E-state index contributed by atoms with van der Waals surface area (Å²) in [5.41, 5.74) is 1.29. The van der Waals surface area contributed by atoms with Crippen LogP contribution in [0.25, 0.3) is 0 Å². The maximum absolute atomic E-state index is 12.3. The molecular weight excluding hydrogens is 366 g/mol. The molecule has 1 heterocycles. The Morgan fingerprint density at radius 3 is 2.60 bits per heavy atom. The van der Waals surface area contributed by atoms with Gasteiger partial charge in [-0.2, -0.15) is 5.10 Å². The minimum atomic E-state index is -4.07. The van der Waals surface area contributed by atoms with Crippen molar-refractivity contribution in [3.8, 4) is 5.75 Å². The molecule has 1 aromatic heterocycles. The zero-order valence-electron chi connectivity index (χ0n) is 13.6.